The van der Waals surface area contributed by atoms with Crippen LogP contribution in [0, 0.1) is 12.1 Å². The van der Waals surface area contributed by atoms with Crippen molar-refractivity contribution in [2.45, 2.75) is 29.6 Å². The first kappa shape index (κ1) is 31.2. The third-order valence-electron chi connectivity index (χ3n) is 7.74. The molecule has 0 bridgehead atoms. The van der Waals surface area contributed by atoms with E-state index >= 15 is 0 Å². The molecule has 0 aliphatic rings. The molecule has 3 heterocycles. The minimum Gasteiger partial charge on any atom is -0.509 e. The molecule has 3 aromatic heterocycles. The van der Waals surface area contributed by atoms with Crippen LogP contribution in [0.3, 0.4) is 0 Å². The normalized spacial score (nSPS) is 11.3. The molecule has 0 saturated heterocycles. The summed E-state index contributed by atoms with van der Waals surface area (Å²) < 4.78 is 10.4. The molecule has 4 aromatic carbocycles. The number of nitrogens with zero attached hydrogens (tertiary/aromatic N) is 4. The quantitative estimate of drug-likeness (QED) is 0.113. The van der Waals surface area contributed by atoms with Gasteiger partial charge in [-0.15, -0.1) is 59.2 Å². The molecule has 5 nitrogen and oxygen atoms in total. The molecule has 0 fully saturated rings. The Morgan fingerprint density at radius 3 is 2.33 bits per heavy atom. The van der Waals surface area contributed by atoms with E-state index in [1.165, 1.54) is 20.9 Å². The van der Waals surface area contributed by atoms with E-state index in [0.29, 0.717) is 17.4 Å². The fourth-order valence-electron chi connectivity index (χ4n) is 5.55. The molecule has 45 heavy (non-hydrogen) atoms. The van der Waals surface area contributed by atoms with Crippen molar-refractivity contribution in [3.63, 3.8) is 0 Å². The first-order valence-corrected chi connectivity index (χ1v) is 16.9. The van der Waals surface area contributed by atoms with Crippen molar-refractivity contribution in [2.24, 2.45) is 0 Å². The van der Waals surface area contributed by atoms with Crippen molar-refractivity contribution in [3.05, 3.63) is 121 Å². The van der Waals surface area contributed by atoms with E-state index in [1.54, 1.807) is 23.5 Å². The first-order valence-electron chi connectivity index (χ1n) is 14.4. The van der Waals surface area contributed by atoms with Crippen LogP contribution in [-0.4, -0.2) is 31.8 Å². The molecule has 8 heteroatoms. The topological polar surface area (TPSA) is 44.9 Å². The number of para-hydroxylation sites is 1. The average molecular weight is 806 g/mol. The van der Waals surface area contributed by atoms with Crippen molar-refractivity contribution in [3.8, 4) is 34.1 Å². The molecule has 7 rings (SSSR count). The third kappa shape index (κ3) is 5.97. The predicted octanol–water partition coefficient (Wildman–Crippen LogP) is 9.99. The Kier molecular flexibility index (Phi) is 9.23. The third-order valence-corrected chi connectivity index (χ3v) is 9.30. The van der Waals surface area contributed by atoms with E-state index in [4.69, 9.17) is 9.72 Å². The molecule has 0 saturated carbocycles. The average Bonchev–Trinajstić information content (AvgIpc) is 3.67. The van der Waals surface area contributed by atoms with Crippen LogP contribution in [0.5, 0.6) is 11.5 Å². The maximum absolute atomic E-state index is 6.37. The molecule has 0 radical (unpaired) electrons. The molecule has 0 aliphatic heterocycles. The van der Waals surface area contributed by atoms with Crippen LogP contribution in [0.2, 0.25) is 0 Å². The van der Waals surface area contributed by atoms with E-state index in [-0.39, 0.29) is 21.1 Å². The zero-order chi connectivity index (χ0) is 30.2. The van der Waals surface area contributed by atoms with Crippen molar-refractivity contribution in [2.75, 3.05) is 12.5 Å². The van der Waals surface area contributed by atoms with Gasteiger partial charge in [-0.1, -0.05) is 43.6 Å². The Hall–Kier alpha value is -3.77. The zero-order valence-electron chi connectivity index (χ0n) is 25.2. The largest absolute Gasteiger partial charge is 2.00 e. The van der Waals surface area contributed by atoms with Gasteiger partial charge in [0.1, 0.15) is 5.82 Å². The second-order valence-electron chi connectivity index (χ2n) is 10.8. The minimum atomic E-state index is 0. The molecule has 7 aromatic rings. The second-order valence-corrected chi connectivity index (χ2v) is 12.4. The molecule has 0 spiro atoms. The fraction of sp³-hybridized carbons (Fsp3) is 0.135. The van der Waals surface area contributed by atoms with E-state index in [2.05, 4.69) is 115 Å². The van der Waals surface area contributed by atoms with Gasteiger partial charge < -0.3 is 9.30 Å². The second kappa shape index (κ2) is 13.3. The molecular formula is C37H30N4OPtS2. The smallest absolute Gasteiger partial charge is 0.509 e. The summed E-state index contributed by atoms with van der Waals surface area (Å²) in [5, 5.41) is 6.93. The number of hydrogen-bond donors (Lipinski definition) is 0. The Bertz CT molecular complexity index is 2110. The zero-order valence-corrected chi connectivity index (χ0v) is 29.1. The van der Waals surface area contributed by atoms with E-state index in [9.17, 15) is 0 Å². The SMILES string of the molecule is CSc1cccc(SC)c1-c1cnn(-c2[c-]c(Oc3[c-]c4c(cc3)c3ccccc3n4-c3cc(C(C)C)ccn3)ccc2)c1.[Pt+2]. The number of fused-ring (bicyclic) bond motifs is 3. The molecule has 0 aliphatic carbocycles. The van der Waals surface area contributed by atoms with E-state index in [1.807, 2.05) is 41.3 Å². The summed E-state index contributed by atoms with van der Waals surface area (Å²) in [4.78, 5) is 7.21. The fourth-order valence-corrected chi connectivity index (χ4v) is 6.91. The summed E-state index contributed by atoms with van der Waals surface area (Å²) in [5.74, 6) is 2.46. The standard InChI is InChI=1S/C37H30N4OS2.Pt/c1-24(2)25-17-18-38-36(19-25)41-32-12-6-5-11-30(32)31-16-15-29(21-33(31)41)42-28-10-7-9-27(20-28)40-23-26(22-39-40)37-34(43-3)13-8-14-35(37)44-4;/h5-19,22-24H,1-4H3;/q-2;+2. The number of ether oxygens (including phenoxy) is 1. The summed E-state index contributed by atoms with van der Waals surface area (Å²) in [5.41, 5.74) is 6.31. The van der Waals surface area contributed by atoms with Crippen LogP contribution in [0.25, 0.3) is 44.4 Å². The molecule has 0 amide bonds. The van der Waals surface area contributed by atoms with Crippen LogP contribution in [0.15, 0.2) is 113 Å². The first-order chi connectivity index (χ1) is 21.5. The van der Waals surface area contributed by atoms with Crippen molar-refractivity contribution in [1.82, 2.24) is 19.3 Å². The van der Waals surface area contributed by atoms with Gasteiger partial charge in [-0.25, -0.2) is 4.98 Å². The van der Waals surface area contributed by atoms with Crippen LogP contribution in [-0.2, 0) is 21.1 Å². The van der Waals surface area contributed by atoms with Gasteiger partial charge in [-0.3, -0.25) is 4.68 Å². The number of thioether (sulfide) groups is 2. The number of benzene rings is 4. The molecule has 0 atom stereocenters. The molecule has 0 N–H and O–H groups in total. The number of hydrogen-bond acceptors (Lipinski definition) is 5. The molecule has 0 unspecified atom stereocenters. The van der Waals surface area contributed by atoms with Crippen molar-refractivity contribution in [1.29, 1.82) is 0 Å². The van der Waals surface area contributed by atoms with Crippen LogP contribution in [0.4, 0.5) is 0 Å². The number of rotatable bonds is 8. The maximum Gasteiger partial charge on any atom is 2.00 e. The molecular weight excluding hydrogens is 776 g/mol. The van der Waals surface area contributed by atoms with Gasteiger partial charge in [0, 0.05) is 50.3 Å². The van der Waals surface area contributed by atoms with Gasteiger partial charge in [-0.05, 0) is 65.4 Å². The Balaban J connectivity index is 0.00000357. The summed E-state index contributed by atoms with van der Waals surface area (Å²) in [6.07, 6.45) is 10.1. The van der Waals surface area contributed by atoms with Gasteiger partial charge in [0.05, 0.1) is 6.20 Å². The van der Waals surface area contributed by atoms with Crippen LogP contribution in [0.1, 0.15) is 25.3 Å². The van der Waals surface area contributed by atoms with Gasteiger partial charge in [-0.2, -0.15) is 17.2 Å². The van der Waals surface area contributed by atoms with Crippen LogP contribution >= 0.6 is 23.5 Å². The predicted molar refractivity (Wildman–Crippen MR) is 183 cm³/mol. The monoisotopic (exact) mass is 805 g/mol. The molecule has 226 valence electrons. The van der Waals surface area contributed by atoms with Crippen LogP contribution < -0.4 is 4.74 Å². The minimum absolute atomic E-state index is 0. The van der Waals surface area contributed by atoms with Crippen molar-refractivity contribution >= 4 is 45.3 Å². The van der Waals surface area contributed by atoms with E-state index < -0.39 is 0 Å². The summed E-state index contributed by atoms with van der Waals surface area (Å²) in [6, 6.07) is 35.9. The number of aromatic nitrogens is 4. The number of pyridine rings is 1. The Morgan fingerprint density at radius 2 is 1.56 bits per heavy atom. The Morgan fingerprint density at radius 1 is 0.800 bits per heavy atom. The van der Waals surface area contributed by atoms with Gasteiger partial charge in [0.25, 0.3) is 0 Å². The van der Waals surface area contributed by atoms with Gasteiger partial charge in [0.2, 0.25) is 0 Å². The summed E-state index contributed by atoms with van der Waals surface area (Å²) in [6.45, 7) is 4.39. The van der Waals surface area contributed by atoms with Gasteiger partial charge >= 0.3 is 21.1 Å². The summed E-state index contributed by atoms with van der Waals surface area (Å²) in [7, 11) is 0. The van der Waals surface area contributed by atoms with Crippen molar-refractivity contribution < 1.29 is 25.8 Å². The summed E-state index contributed by atoms with van der Waals surface area (Å²) >= 11 is 3.49. The maximum atomic E-state index is 6.37. The Labute approximate surface area is 286 Å². The van der Waals surface area contributed by atoms with Gasteiger partial charge in [0.15, 0.2) is 0 Å². The van der Waals surface area contributed by atoms with E-state index in [0.717, 1.165) is 38.9 Å².